The fourth-order valence-electron chi connectivity index (χ4n) is 1.68. The third-order valence-electron chi connectivity index (χ3n) is 2.79. The summed E-state index contributed by atoms with van der Waals surface area (Å²) in [5, 5.41) is 7.74. The summed E-state index contributed by atoms with van der Waals surface area (Å²) >= 11 is 1.66. The highest BCUT2D eigenvalue weighted by Gasteiger charge is 2.07. The summed E-state index contributed by atoms with van der Waals surface area (Å²) < 4.78 is 7.01. The number of hydrogen-bond donors (Lipinski definition) is 1. The molecule has 0 aliphatic heterocycles. The molecule has 0 bridgehead atoms. The molecule has 5 nitrogen and oxygen atoms in total. The first kappa shape index (κ1) is 13.2. The maximum absolute atomic E-state index is 5.00. The van der Waals surface area contributed by atoms with Crippen LogP contribution in [0, 0.1) is 6.92 Å². The Labute approximate surface area is 111 Å². The molecule has 18 heavy (non-hydrogen) atoms. The topological polar surface area (TPSA) is 52.0 Å². The third kappa shape index (κ3) is 3.38. The van der Waals surface area contributed by atoms with Crippen molar-refractivity contribution in [2.75, 3.05) is 20.3 Å². The zero-order valence-electron chi connectivity index (χ0n) is 10.7. The lowest BCUT2D eigenvalue weighted by atomic mass is 10.2. The quantitative estimate of drug-likeness (QED) is 0.770. The monoisotopic (exact) mass is 266 g/mol. The average molecular weight is 266 g/mol. The molecule has 0 aromatic carbocycles. The van der Waals surface area contributed by atoms with Crippen LogP contribution in [0.4, 0.5) is 0 Å². The lowest BCUT2D eigenvalue weighted by molar-refractivity contribution is 0.199. The summed E-state index contributed by atoms with van der Waals surface area (Å²) in [6.07, 6.45) is 3.82. The molecular formula is C12H18N4OS. The number of rotatable bonds is 7. The molecule has 0 aliphatic carbocycles. The fraction of sp³-hybridized carbons (Fsp3) is 0.500. The summed E-state index contributed by atoms with van der Waals surface area (Å²) in [7, 11) is 1.71. The second kappa shape index (κ2) is 6.63. The van der Waals surface area contributed by atoms with E-state index in [4.69, 9.17) is 4.74 Å². The number of thiazole rings is 1. The van der Waals surface area contributed by atoms with Gasteiger partial charge in [-0.2, -0.15) is 5.10 Å². The summed E-state index contributed by atoms with van der Waals surface area (Å²) in [5.41, 5.74) is 4.28. The predicted octanol–water partition coefficient (Wildman–Crippen LogP) is 1.43. The van der Waals surface area contributed by atoms with Crippen LogP contribution in [0.2, 0.25) is 0 Å². The molecule has 0 saturated carbocycles. The Morgan fingerprint density at radius 1 is 1.44 bits per heavy atom. The Morgan fingerprint density at radius 3 is 3.06 bits per heavy atom. The van der Waals surface area contributed by atoms with Crippen molar-refractivity contribution < 1.29 is 4.74 Å². The summed E-state index contributed by atoms with van der Waals surface area (Å²) in [5.74, 6) is 0. The lowest BCUT2D eigenvalue weighted by Gasteiger charge is -2.05. The van der Waals surface area contributed by atoms with Crippen LogP contribution in [0.3, 0.4) is 0 Å². The van der Waals surface area contributed by atoms with Crippen LogP contribution >= 0.6 is 11.3 Å². The fourth-order valence-corrected chi connectivity index (χ4v) is 2.26. The van der Waals surface area contributed by atoms with Gasteiger partial charge in [0, 0.05) is 42.5 Å². The lowest BCUT2D eigenvalue weighted by Crippen LogP contribution is -2.18. The first-order valence-corrected chi connectivity index (χ1v) is 6.77. The molecule has 2 aromatic heterocycles. The number of nitrogens with zero attached hydrogens (tertiary/aromatic N) is 3. The van der Waals surface area contributed by atoms with Gasteiger partial charge in [-0.3, -0.25) is 9.67 Å². The molecule has 2 rings (SSSR count). The molecule has 0 unspecified atom stereocenters. The molecule has 6 heteroatoms. The maximum Gasteiger partial charge on any atom is 0.0794 e. The second-order valence-corrected chi connectivity index (χ2v) is 5.02. The standard InChI is InChI=1S/C12H18N4OS/c1-10-11(5-13-3-4-17-2)6-15-16(10)8-12-7-14-9-18-12/h6-7,9,13H,3-5,8H2,1-2H3. The molecule has 0 aliphatic rings. The molecule has 0 spiro atoms. The van der Waals surface area contributed by atoms with Crippen molar-refractivity contribution in [3.8, 4) is 0 Å². The van der Waals surface area contributed by atoms with Crippen molar-refractivity contribution in [2.45, 2.75) is 20.0 Å². The Balaban J connectivity index is 1.91. The molecule has 0 amide bonds. The average Bonchev–Trinajstić information content (AvgIpc) is 2.99. The van der Waals surface area contributed by atoms with Crippen molar-refractivity contribution in [1.29, 1.82) is 0 Å². The van der Waals surface area contributed by atoms with Crippen molar-refractivity contribution >= 4 is 11.3 Å². The Kier molecular flexibility index (Phi) is 4.86. The minimum absolute atomic E-state index is 0.730. The molecule has 0 atom stereocenters. The minimum atomic E-state index is 0.730. The van der Waals surface area contributed by atoms with E-state index in [1.807, 2.05) is 22.6 Å². The van der Waals surface area contributed by atoms with Gasteiger partial charge in [0.15, 0.2) is 0 Å². The van der Waals surface area contributed by atoms with Crippen LogP contribution in [0.25, 0.3) is 0 Å². The Morgan fingerprint density at radius 2 is 2.33 bits per heavy atom. The molecule has 98 valence electrons. The predicted molar refractivity (Wildman–Crippen MR) is 71.8 cm³/mol. The van der Waals surface area contributed by atoms with Crippen molar-refractivity contribution in [1.82, 2.24) is 20.1 Å². The van der Waals surface area contributed by atoms with Crippen molar-refractivity contribution in [3.63, 3.8) is 0 Å². The molecule has 0 saturated heterocycles. The molecule has 0 fully saturated rings. The van der Waals surface area contributed by atoms with Crippen LogP contribution in [0.5, 0.6) is 0 Å². The van der Waals surface area contributed by atoms with Gasteiger partial charge in [0.05, 0.1) is 24.9 Å². The molecule has 1 N–H and O–H groups in total. The highest BCUT2D eigenvalue weighted by atomic mass is 32.1. The van der Waals surface area contributed by atoms with Crippen LogP contribution in [-0.4, -0.2) is 35.0 Å². The van der Waals surface area contributed by atoms with Gasteiger partial charge in [-0.1, -0.05) is 0 Å². The van der Waals surface area contributed by atoms with Gasteiger partial charge >= 0.3 is 0 Å². The molecule has 0 radical (unpaired) electrons. The zero-order valence-corrected chi connectivity index (χ0v) is 11.5. The number of ether oxygens (including phenoxy) is 1. The van der Waals surface area contributed by atoms with Gasteiger partial charge in [-0.05, 0) is 6.92 Å². The molecular weight excluding hydrogens is 248 g/mol. The second-order valence-electron chi connectivity index (χ2n) is 4.05. The number of methoxy groups -OCH3 is 1. The summed E-state index contributed by atoms with van der Waals surface area (Å²) in [6.45, 7) is 5.32. The first-order valence-electron chi connectivity index (χ1n) is 5.89. The highest BCUT2D eigenvalue weighted by molar-refractivity contribution is 7.09. The van der Waals surface area contributed by atoms with Gasteiger partial charge < -0.3 is 10.1 Å². The van der Waals surface area contributed by atoms with E-state index in [1.165, 1.54) is 16.1 Å². The molecule has 2 aromatic rings. The van der Waals surface area contributed by atoms with Crippen LogP contribution in [-0.2, 0) is 17.8 Å². The maximum atomic E-state index is 5.00. The van der Waals surface area contributed by atoms with E-state index < -0.39 is 0 Å². The van der Waals surface area contributed by atoms with Crippen LogP contribution in [0.1, 0.15) is 16.1 Å². The number of nitrogens with one attached hydrogen (secondary N) is 1. The highest BCUT2D eigenvalue weighted by Crippen LogP contribution is 2.12. The summed E-state index contributed by atoms with van der Waals surface area (Å²) in [6, 6.07) is 0. The number of aromatic nitrogens is 3. The molecule has 2 heterocycles. The van der Waals surface area contributed by atoms with Crippen molar-refractivity contribution in [2.24, 2.45) is 0 Å². The first-order chi connectivity index (χ1) is 8.81. The van der Waals surface area contributed by atoms with E-state index in [0.717, 1.165) is 26.2 Å². The zero-order chi connectivity index (χ0) is 12.8. The van der Waals surface area contributed by atoms with Gasteiger partial charge in [0.1, 0.15) is 0 Å². The summed E-state index contributed by atoms with van der Waals surface area (Å²) in [4.78, 5) is 5.30. The van der Waals surface area contributed by atoms with Crippen molar-refractivity contribution in [3.05, 3.63) is 34.0 Å². The SMILES string of the molecule is COCCNCc1cnn(Cc2cncs2)c1C. The normalized spacial score (nSPS) is 11.0. The Hall–Kier alpha value is -1.24. The van der Waals surface area contributed by atoms with Gasteiger partial charge in [-0.15, -0.1) is 11.3 Å². The Bertz CT molecular complexity index is 466. The third-order valence-corrected chi connectivity index (χ3v) is 3.56. The van der Waals surface area contributed by atoms with Gasteiger partial charge in [0.25, 0.3) is 0 Å². The largest absolute Gasteiger partial charge is 0.383 e. The van der Waals surface area contributed by atoms with E-state index in [2.05, 4.69) is 22.3 Å². The van der Waals surface area contributed by atoms with E-state index in [9.17, 15) is 0 Å². The van der Waals surface area contributed by atoms with Crippen LogP contribution in [0.15, 0.2) is 17.9 Å². The smallest absolute Gasteiger partial charge is 0.0794 e. The van der Waals surface area contributed by atoms with E-state index in [0.29, 0.717) is 0 Å². The van der Waals surface area contributed by atoms with E-state index in [-0.39, 0.29) is 0 Å². The van der Waals surface area contributed by atoms with Gasteiger partial charge in [0.2, 0.25) is 0 Å². The van der Waals surface area contributed by atoms with E-state index >= 15 is 0 Å². The number of hydrogen-bond acceptors (Lipinski definition) is 5. The van der Waals surface area contributed by atoms with E-state index in [1.54, 1.807) is 18.4 Å². The van der Waals surface area contributed by atoms with Crippen LogP contribution < -0.4 is 5.32 Å². The minimum Gasteiger partial charge on any atom is -0.383 e. The van der Waals surface area contributed by atoms with Gasteiger partial charge in [-0.25, -0.2) is 0 Å².